The Morgan fingerprint density at radius 3 is 2.39 bits per heavy atom. The molecular formula is C17H16ClFNO3. The van der Waals surface area contributed by atoms with E-state index in [1.54, 1.807) is 12.1 Å². The number of nitro groups is 1. The van der Waals surface area contributed by atoms with Crippen molar-refractivity contribution in [3.8, 4) is 11.5 Å². The lowest BCUT2D eigenvalue weighted by Crippen LogP contribution is -2.04. The Morgan fingerprint density at radius 1 is 1.22 bits per heavy atom. The number of ether oxygens (including phenoxy) is 1. The van der Waals surface area contributed by atoms with Gasteiger partial charge in [-0.1, -0.05) is 32.4 Å². The maximum absolute atomic E-state index is 13.4. The van der Waals surface area contributed by atoms with Crippen LogP contribution in [0.5, 0.6) is 11.5 Å². The highest BCUT2D eigenvalue weighted by atomic mass is 35.5. The second-order valence-corrected chi connectivity index (χ2v) is 5.86. The van der Waals surface area contributed by atoms with Crippen LogP contribution in [0.3, 0.4) is 0 Å². The maximum atomic E-state index is 13.4. The Morgan fingerprint density at radius 2 is 1.83 bits per heavy atom. The van der Waals surface area contributed by atoms with E-state index in [1.807, 2.05) is 20.8 Å². The third kappa shape index (κ3) is 3.99. The molecule has 121 valence electrons. The Hall–Kier alpha value is -2.14. The van der Waals surface area contributed by atoms with Crippen LogP contribution in [0.4, 0.5) is 10.1 Å². The van der Waals surface area contributed by atoms with Gasteiger partial charge in [-0.25, -0.2) is 4.39 Å². The minimum absolute atomic E-state index is 0.0125. The highest BCUT2D eigenvalue weighted by molar-refractivity contribution is 6.30. The average Bonchev–Trinajstić information content (AvgIpc) is 2.50. The fraction of sp³-hybridized carbons (Fsp3) is 0.235. The topological polar surface area (TPSA) is 52.4 Å². The summed E-state index contributed by atoms with van der Waals surface area (Å²) >= 11 is 5.61. The monoisotopic (exact) mass is 336 g/mol. The number of rotatable bonds is 5. The van der Waals surface area contributed by atoms with Gasteiger partial charge in [0, 0.05) is 11.6 Å². The van der Waals surface area contributed by atoms with Gasteiger partial charge in [0.2, 0.25) is 0 Å². The molecule has 0 saturated carbocycles. The first-order chi connectivity index (χ1) is 10.8. The zero-order valence-corrected chi connectivity index (χ0v) is 13.7. The summed E-state index contributed by atoms with van der Waals surface area (Å²) in [6.45, 7) is 5.76. The van der Waals surface area contributed by atoms with Gasteiger partial charge in [-0.05, 0) is 36.1 Å². The van der Waals surface area contributed by atoms with Crippen molar-refractivity contribution in [2.75, 3.05) is 0 Å². The van der Waals surface area contributed by atoms with Crippen LogP contribution in [0.1, 0.15) is 32.3 Å². The average molecular weight is 337 g/mol. The standard InChI is InChI=1S/C17H16ClFNO3/c1-10(2)11(3)14-6-4-13(9-17(14)20(21)22)23-12-5-7-15(18)16(19)8-12/h4-9,11H,1-3H3. The van der Waals surface area contributed by atoms with Crippen LogP contribution < -0.4 is 4.74 Å². The van der Waals surface area contributed by atoms with E-state index in [9.17, 15) is 14.5 Å². The third-order valence-electron chi connectivity index (χ3n) is 3.66. The molecule has 2 aromatic rings. The van der Waals surface area contributed by atoms with Crippen LogP contribution >= 0.6 is 11.6 Å². The van der Waals surface area contributed by atoms with Crippen molar-refractivity contribution in [3.05, 3.63) is 68.8 Å². The first kappa shape index (κ1) is 17.2. The Balaban J connectivity index is 2.35. The van der Waals surface area contributed by atoms with Crippen LogP contribution in [0, 0.1) is 21.8 Å². The van der Waals surface area contributed by atoms with Gasteiger partial charge < -0.3 is 4.74 Å². The number of nitrogens with zero attached hydrogens (tertiary/aromatic N) is 1. The van der Waals surface area contributed by atoms with E-state index in [4.69, 9.17) is 16.3 Å². The summed E-state index contributed by atoms with van der Waals surface area (Å²) < 4.78 is 18.9. The molecule has 0 saturated heterocycles. The lowest BCUT2D eigenvalue weighted by Gasteiger charge is -2.16. The normalized spacial score (nSPS) is 12.3. The van der Waals surface area contributed by atoms with Crippen LogP contribution in [0.25, 0.3) is 0 Å². The van der Waals surface area contributed by atoms with E-state index >= 15 is 0 Å². The van der Waals surface area contributed by atoms with Gasteiger partial charge in [0.25, 0.3) is 5.69 Å². The minimum Gasteiger partial charge on any atom is -0.457 e. The molecule has 0 fully saturated rings. The molecule has 1 radical (unpaired) electrons. The Labute approximate surface area is 139 Å². The van der Waals surface area contributed by atoms with Gasteiger partial charge in [0.15, 0.2) is 0 Å². The van der Waals surface area contributed by atoms with Crippen LogP contribution in [-0.4, -0.2) is 4.92 Å². The molecule has 2 rings (SSSR count). The van der Waals surface area contributed by atoms with Crippen molar-refractivity contribution in [1.82, 2.24) is 0 Å². The Kier molecular flexibility index (Phi) is 5.21. The van der Waals surface area contributed by atoms with Crippen molar-refractivity contribution >= 4 is 17.3 Å². The van der Waals surface area contributed by atoms with Crippen molar-refractivity contribution in [3.63, 3.8) is 0 Å². The summed E-state index contributed by atoms with van der Waals surface area (Å²) in [4.78, 5) is 10.9. The van der Waals surface area contributed by atoms with Gasteiger partial charge >= 0.3 is 0 Å². The van der Waals surface area contributed by atoms with E-state index in [1.165, 1.54) is 18.2 Å². The number of halogens is 2. The molecular weight excluding hydrogens is 321 g/mol. The molecule has 2 aromatic carbocycles. The first-order valence-electron chi connectivity index (χ1n) is 7.01. The minimum atomic E-state index is -0.611. The summed E-state index contributed by atoms with van der Waals surface area (Å²) in [6, 6.07) is 8.64. The molecule has 0 bridgehead atoms. The summed E-state index contributed by atoms with van der Waals surface area (Å²) in [7, 11) is 0. The Bertz CT molecular complexity index is 734. The SMILES string of the molecule is C[C](C)C(C)c1ccc(Oc2ccc(Cl)c(F)c2)cc1[N+](=O)[O-]. The molecule has 0 aliphatic heterocycles. The van der Waals surface area contributed by atoms with Crippen molar-refractivity contribution in [2.45, 2.75) is 26.7 Å². The molecule has 1 unspecified atom stereocenters. The van der Waals surface area contributed by atoms with E-state index in [0.29, 0.717) is 5.56 Å². The van der Waals surface area contributed by atoms with E-state index in [2.05, 4.69) is 0 Å². The van der Waals surface area contributed by atoms with Crippen molar-refractivity contribution < 1.29 is 14.1 Å². The first-order valence-corrected chi connectivity index (χ1v) is 7.38. The zero-order chi connectivity index (χ0) is 17.1. The number of hydrogen-bond acceptors (Lipinski definition) is 3. The van der Waals surface area contributed by atoms with Gasteiger partial charge in [-0.3, -0.25) is 10.1 Å². The van der Waals surface area contributed by atoms with Crippen LogP contribution in [-0.2, 0) is 0 Å². The molecule has 0 aliphatic rings. The number of benzene rings is 2. The lowest BCUT2D eigenvalue weighted by atomic mass is 9.89. The molecule has 0 N–H and O–H groups in total. The summed E-state index contributed by atoms with van der Waals surface area (Å²) in [6.07, 6.45) is 0. The second-order valence-electron chi connectivity index (χ2n) is 5.45. The predicted molar refractivity (Wildman–Crippen MR) is 87.6 cm³/mol. The number of hydrogen-bond donors (Lipinski definition) is 0. The van der Waals surface area contributed by atoms with Crippen LogP contribution in [0.15, 0.2) is 36.4 Å². The highest BCUT2D eigenvalue weighted by Gasteiger charge is 2.22. The van der Waals surface area contributed by atoms with Crippen molar-refractivity contribution in [1.29, 1.82) is 0 Å². The van der Waals surface area contributed by atoms with Gasteiger partial charge in [0.05, 0.1) is 16.0 Å². The molecule has 0 amide bonds. The molecule has 0 aromatic heterocycles. The quantitative estimate of drug-likeness (QED) is 0.504. The van der Waals surface area contributed by atoms with Gasteiger partial charge in [-0.2, -0.15) is 0 Å². The summed E-state index contributed by atoms with van der Waals surface area (Å²) in [5.74, 6) is 0.905. The van der Waals surface area contributed by atoms with Crippen molar-refractivity contribution in [2.24, 2.45) is 0 Å². The molecule has 0 heterocycles. The molecule has 0 aliphatic carbocycles. The third-order valence-corrected chi connectivity index (χ3v) is 3.96. The largest absolute Gasteiger partial charge is 0.457 e. The molecule has 4 nitrogen and oxygen atoms in total. The van der Waals surface area contributed by atoms with Crippen LogP contribution in [0.2, 0.25) is 5.02 Å². The fourth-order valence-electron chi connectivity index (χ4n) is 2.10. The highest BCUT2D eigenvalue weighted by Crippen LogP contribution is 2.36. The number of nitro benzene ring substituents is 1. The fourth-order valence-corrected chi connectivity index (χ4v) is 2.22. The molecule has 1 atom stereocenters. The summed E-state index contributed by atoms with van der Waals surface area (Å²) in [5, 5.41) is 11.3. The second kappa shape index (κ2) is 6.96. The predicted octanol–water partition coefficient (Wildman–Crippen LogP) is 5.90. The molecule has 6 heteroatoms. The molecule has 23 heavy (non-hydrogen) atoms. The van der Waals surface area contributed by atoms with E-state index in [0.717, 1.165) is 12.0 Å². The van der Waals surface area contributed by atoms with E-state index in [-0.39, 0.29) is 28.1 Å². The summed E-state index contributed by atoms with van der Waals surface area (Å²) in [5.41, 5.74) is 0.593. The lowest BCUT2D eigenvalue weighted by molar-refractivity contribution is -0.385. The smallest absolute Gasteiger partial charge is 0.276 e. The molecule has 0 spiro atoms. The zero-order valence-electron chi connectivity index (χ0n) is 13.0. The van der Waals surface area contributed by atoms with Gasteiger partial charge in [-0.15, -0.1) is 0 Å². The van der Waals surface area contributed by atoms with Gasteiger partial charge in [0.1, 0.15) is 17.3 Å². The maximum Gasteiger partial charge on any atom is 0.276 e. The van der Waals surface area contributed by atoms with E-state index < -0.39 is 10.7 Å².